The molecule has 9 atom stereocenters. The molecular formula is C51H82O17P2. The number of rotatable bonds is 39. The lowest BCUT2D eigenvalue weighted by molar-refractivity contribution is -0.216. The normalized spacial score (nSPS) is 22.4. The van der Waals surface area contributed by atoms with Gasteiger partial charge < -0.3 is 49.7 Å². The molecule has 0 spiro atoms. The van der Waals surface area contributed by atoms with Crippen molar-refractivity contribution in [2.24, 2.45) is 0 Å². The molecule has 8 N–H and O–H groups in total. The maximum Gasteiger partial charge on any atom is 0.472 e. The zero-order valence-electron chi connectivity index (χ0n) is 41.0. The molecule has 19 heteroatoms. The van der Waals surface area contributed by atoms with Crippen LogP contribution in [-0.4, -0.2) is 114 Å². The van der Waals surface area contributed by atoms with E-state index in [4.69, 9.17) is 18.5 Å². The van der Waals surface area contributed by atoms with Crippen LogP contribution in [0.4, 0.5) is 0 Å². The zero-order valence-corrected chi connectivity index (χ0v) is 42.8. The van der Waals surface area contributed by atoms with Crippen LogP contribution in [0.15, 0.2) is 109 Å². The molecule has 17 nitrogen and oxygen atoms in total. The monoisotopic (exact) mass is 1030 g/mol. The minimum absolute atomic E-state index is 0.00585. The van der Waals surface area contributed by atoms with Crippen LogP contribution in [0.1, 0.15) is 136 Å². The highest BCUT2D eigenvalue weighted by atomic mass is 31.2. The van der Waals surface area contributed by atoms with E-state index < -0.39 is 89.6 Å². The Hall–Kier alpha value is -3.38. The molecule has 0 bridgehead atoms. The van der Waals surface area contributed by atoms with Crippen LogP contribution in [0.5, 0.6) is 0 Å². The Bertz CT molecular complexity index is 1780. The van der Waals surface area contributed by atoms with Crippen LogP contribution < -0.4 is 0 Å². The fourth-order valence-corrected chi connectivity index (χ4v) is 8.09. The molecule has 0 amide bonds. The van der Waals surface area contributed by atoms with Crippen molar-refractivity contribution >= 4 is 27.6 Å². The SMILES string of the molecule is CCCCC/C=C\C/C=C\C/C=C\C/C=C\C/C=C\CCC(=O)O[C@H](COC(=O)CCC/C=C\C/C=C\C/C=C\C/C=C\[C@@H](O)CCCC)COP(=O)(O)O[C@H]1C(O)C(O)C(O)[C@@H](OP(=O)(O)O)C1O. The third kappa shape index (κ3) is 34.1. The Morgan fingerprint density at radius 2 is 0.971 bits per heavy atom. The average Bonchev–Trinajstić information content (AvgIpc) is 3.31. The molecule has 398 valence electrons. The summed E-state index contributed by atoms with van der Waals surface area (Å²) in [6.07, 6.45) is 35.3. The van der Waals surface area contributed by atoms with Crippen molar-refractivity contribution in [2.75, 3.05) is 13.2 Å². The first-order valence-corrected chi connectivity index (χ1v) is 27.6. The second kappa shape index (κ2) is 40.1. The Morgan fingerprint density at radius 3 is 1.47 bits per heavy atom. The Labute approximate surface area is 415 Å². The Balaban J connectivity index is 2.69. The number of carbonyl (C=O) groups excluding carboxylic acids is 2. The molecule has 0 aliphatic heterocycles. The largest absolute Gasteiger partial charge is 0.472 e. The number of phosphoric ester groups is 2. The minimum Gasteiger partial charge on any atom is -0.462 e. The van der Waals surface area contributed by atoms with E-state index in [1.54, 1.807) is 6.08 Å². The highest BCUT2D eigenvalue weighted by Crippen LogP contribution is 2.49. The van der Waals surface area contributed by atoms with Gasteiger partial charge in [0, 0.05) is 12.8 Å². The minimum atomic E-state index is -5.39. The van der Waals surface area contributed by atoms with E-state index in [2.05, 4.69) is 60.9 Å². The van der Waals surface area contributed by atoms with Gasteiger partial charge in [-0.25, -0.2) is 9.13 Å². The maximum absolute atomic E-state index is 13.0. The lowest BCUT2D eigenvalue weighted by Crippen LogP contribution is -2.64. The van der Waals surface area contributed by atoms with Gasteiger partial charge >= 0.3 is 27.6 Å². The number of phosphoric acid groups is 2. The van der Waals surface area contributed by atoms with Crippen molar-refractivity contribution in [2.45, 2.75) is 185 Å². The second-order valence-electron chi connectivity index (χ2n) is 16.6. The molecule has 1 saturated carbocycles. The van der Waals surface area contributed by atoms with Crippen LogP contribution in [0.3, 0.4) is 0 Å². The molecule has 0 aromatic carbocycles. The predicted octanol–water partition coefficient (Wildman–Crippen LogP) is 8.70. The van der Waals surface area contributed by atoms with Crippen LogP contribution in [0.2, 0.25) is 0 Å². The molecule has 70 heavy (non-hydrogen) atoms. The number of unbranched alkanes of at least 4 members (excludes halogenated alkanes) is 5. The molecule has 1 aliphatic carbocycles. The number of esters is 2. The van der Waals surface area contributed by atoms with Gasteiger partial charge in [-0.1, -0.05) is 149 Å². The summed E-state index contributed by atoms with van der Waals surface area (Å²) in [5.41, 5.74) is 0. The van der Waals surface area contributed by atoms with E-state index in [1.165, 1.54) is 19.3 Å². The third-order valence-corrected chi connectivity index (χ3v) is 11.9. The third-order valence-electron chi connectivity index (χ3n) is 10.4. The summed E-state index contributed by atoms with van der Waals surface area (Å²) in [4.78, 5) is 54.3. The van der Waals surface area contributed by atoms with Gasteiger partial charge in [0.05, 0.1) is 12.7 Å². The molecule has 5 unspecified atom stereocenters. The van der Waals surface area contributed by atoms with Crippen molar-refractivity contribution in [3.05, 3.63) is 109 Å². The summed E-state index contributed by atoms with van der Waals surface area (Å²) in [6.45, 7) is 2.81. The summed E-state index contributed by atoms with van der Waals surface area (Å²) in [5.74, 6) is -1.40. The molecule has 0 saturated heterocycles. The van der Waals surface area contributed by atoms with E-state index in [-0.39, 0.29) is 19.3 Å². The van der Waals surface area contributed by atoms with Gasteiger partial charge in [-0.05, 0) is 83.5 Å². The summed E-state index contributed by atoms with van der Waals surface area (Å²) in [6, 6.07) is 0. The number of carbonyl (C=O) groups is 2. The lowest BCUT2D eigenvalue weighted by atomic mass is 9.85. The Morgan fingerprint density at radius 1 is 0.514 bits per heavy atom. The average molecular weight is 1030 g/mol. The highest BCUT2D eigenvalue weighted by molar-refractivity contribution is 7.47. The van der Waals surface area contributed by atoms with Crippen molar-refractivity contribution in [3.8, 4) is 0 Å². The van der Waals surface area contributed by atoms with Crippen molar-refractivity contribution in [3.63, 3.8) is 0 Å². The molecule has 0 aromatic rings. The van der Waals surface area contributed by atoms with Crippen molar-refractivity contribution in [1.29, 1.82) is 0 Å². The van der Waals surface area contributed by atoms with Crippen molar-refractivity contribution < 1.29 is 82.0 Å². The number of aliphatic hydroxyl groups excluding tert-OH is 5. The summed E-state index contributed by atoms with van der Waals surface area (Å²) in [5, 5.41) is 51.1. The molecule has 0 heterocycles. The smallest absolute Gasteiger partial charge is 0.462 e. The molecule has 0 radical (unpaired) electrons. The number of allylic oxidation sites excluding steroid dienone is 17. The predicted molar refractivity (Wildman–Crippen MR) is 270 cm³/mol. The number of ether oxygens (including phenoxy) is 2. The molecule has 1 fully saturated rings. The van der Waals surface area contributed by atoms with Crippen LogP contribution in [0.25, 0.3) is 0 Å². The number of aliphatic hydroxyl groups is 5. The molecule has 0 aromatic heterocycles. The number of hydrogen-bond donors (Lipinski definition) is 8. The van der Waals surface area contributed by atoms with Crippen molar-refractivity contribution in [1.82, 2.24) is 0 Å². The quantitative estimate of drug-likeness (QED) is 0.0124. The second-order valence-corrected chi connectivity index (χ2v) is 19.2. The standard InChI is InChI=1S/C51H82O17P2/c1-3-5-7-8-9-10-11-12-13-14-15-16-17-18-23-26-29-32-35-39-45(54)66-43(41-65-70(62,63)68-51-48(57)46(55)47(56)50(49(51)58)67-69(59,60)61)40-64-44(53)38-34-31-28-25-22-20-19-21-24-27-30-33-37-42(52)36-6-4-2/h9-10,12-13,15-16,18-20,23-25,27-29,32-33,37,42-43,46-52,55-58H,3-8,11,14,17,21-22,26,30-31,34-36,38-41H2,1-2H3,(H,62,63)(H2,59,60,61)/b10-9-,13-12-,16-15-,20-19-,23-18-,27-24-,28-25-,32-29-,37-33-/t42-,43+,46?,47?,48?,49?,50+,51-/m0/s1. The van der Waals surface area contributed by atoms with Gasteiger partial charge in [-0.3, -0.25) is 23.2 Å². The van der Waals surface area contributed by atoms with E-state index in [1.807, 2.05) is 60.8 Å². The first-order valence-electron chi connectivity index (χ1n) is 24.5. The van der Waals surface area contributed by atoms with Gasteiger partial charge in [-0.2, -0.15) is 0 Å². The van der Waals surface area contributed by atoms with Gasteiger partial charge in [0.15, 0.2) is 6.10 Å². The van der Waals surface area contributed by atoms with Crippen LogP contribution in [-0.2, 0) is 41.8 Å². The van der Waals surface area contributed by atoms with E-state index in [0.29, 0.717) is 25.7 Å². The molecule has 1 aliphatic rings. The first kappa shape index (κ1) is 64.6. The summed E-state index contributed by atoms with van der Waals surface area (Å²) >= 11 is 0. The Kier molecular flexibility index (Phi) is 37.1. The molecule has 1 rings (SSSR count). The fraction of sp³-hybridized carbons (Fsp3) is 0.608. The van der Waals surface area contributed by atoms with Crippen LogP contribution >= 0.6 is 15.6 Å². The maximum atomic E-state index is 13.0. The molecular weight excluding hydrogens is 946 g/mol. The summed E-state index contributed by atoms with van der Waals surface area (Å²) < 4.78 is 49.2. The van der Waals surface area contributed by atoms with Gasteiger partial charge in [0.1, 0.15) is 43.2 Å². The lowest BCUT2D eigenvalue weighted by Gasteiger charge is -2.43. The van der Waals surface area contributed by atoms with Gasteiger partial charge in [0.2, 0.25) is 0 Å². The summed E-state index contributed by atoms with van der Waals surface area (Å²) in [7, 11) is -10.7. The van der Waals surface area contributed by atoms with E-state index >= 15 is 0 Å². The van der Waals surface area contributed by atoms with Gasteiger partial charge in [-0.15, -0.1) is 0 Å². The highest BCUT2D eigenvalue weighted by Gasteiger charge is 2.54. The zero-order chi connectivity index (χ0) is 51.9. The topological polar surface area (TPSA) is 276 Å². The van der Waals surface area contributed by atoms with E-state index in [9.17, 15) is 58.9 Å². The number of hydrogen-bond acceptors (Lipinski definition) is 14. The first-order chi connectivity index (χ1) is 33.5. The fourth-order valence-electron chi connectivity index (χ4n) is 6.55. The van der Waals surface area contributed by atoms with Gasteiger partial charge in [0.25, 0.3) is 0 Å². The van der Waals surface area contributed by atoms with E-state index in [0.717, 1.165) is 57.8 Å². The van der Waals surface area contributed by atoms with Crippen LogP contribution in [0, 0.1) is 0 Å².